The van der Waals surface area contributed by atoms with E-state index in [-0.39, 0.29) is 9.79 Å². The molecule has 0 aliphatic heterocycles. The Balaban J connectivity index is 1.63. The van der Waals surface area contributed by atoms with Crippen LogP contribution < -0.4 is 11.5 Å². The molecule has 4 aromatic carbocycles. The van der Waals surface area contributed by atoms with Crippen LogP contribution in [0.4, 0.5) is 11.4 Å². The molecular formula is C24H20N2O2S. The molecule has 0 radical (unpaired) electrons. The van der Waals surface area contributed by atoms with Crippen LogP contribution >= 0.6 is 0 Å². The zero-order chi connectivity index (χ0) is 20.4. The standard InChI is InChI=1S/C24H20N2O2S/c25-21-5-1-3-19(15-21)17-7-11-23(12-8-17)29(27,28)24-13-9-18(10-14-24)20-4-2-6-22(26)16-20/h1-16H,25-26H2. The molecule has 4 nitrogen and oxygen atoms in total. The van der Waals surface area contributed by atoms with Gasteiger partial charge in [-0.05, 0) is 70.8 Å². The quantitative estimate of drug-likeness (QED) is 0.471. The zero-order valence-corrected chi connectivity index (χ0v) is 16.4. The summed E-state index contributed by atoms with van der Waals surface area (Å²) in [6.07, 6.45) is 0. The summed E-state index contributed by atoms with van der Waals surface area (Å²) in [6, 6.07) is 28.6. The van der Waals surface area contributed by atoms with Crippen LogP contribution in [0.5, 0.6) is 0 Å². The van der Waals surface area contributed by atoms with Crippen molar-refractivity contribution in [2.75, 3.05) is 11.5 Å². The van der Waals surface area contributed by atoms with Gasteiger partial charge in [0.05, 0.1) is 9.79 Å². The van der Waals surface area contributed by atoms with Crippen LogP contribution in [0.3, 0.4) is 0 Å². The summed E-state index contributed by atoms with van der Waals surface area (Å²) >= 11 is 0. The van der Waals surface area contributed by atoms with E-state index in [2.05, 4.69) is 0 Å². The van der Waals surface area contributed by atoms with Gasteiger partial charge < -0.3 is 11.5 Å². The zero-order valence-electron chi connectivity index (χ0n) is 15.6. The third kappa shape index (κ3) is 3.86. The highest BCUT2D eigenvalue weighted by molar-refractivity contribution is 7.91. The van der Waals surface area contributed by atoms with Crippen molar-refractivity contribution in [1.29, 1.82) is 0 Å². The van der Waals surface area contributed by atoms with Gasteiger partial charge in [-0.25, -0.2) is 8.42 Å². The molecule has 0 saturated carbocycles. The minimum Gasteiger partial charge on any atom is -0.399 e. The second-order valence-corrected chi connectivity index (χ2v) is 8.75. The lowest BCUT2D eigenvalue weighted by atomic mass is 10.1. The van der Waals surface area contributed by atoms with Gasteiger partial charge in [-0.2, -0.15) is 0 Å². The number of hydrogen-bond donors (Lipinski definition) is 2. The van der Waals surface area contributed by atoms with Gasteiger partial charge in [0.2, 0.25) is 9.84 Å². The summed E-state index contributed by atoms with van der Waals surface area (Å²) in [6.45, 7) is 0. The van der Waals surface area contributed by atoms with Crippen molar-refractivity contribution in [2.24, 2.45) is 0 Å². The molecule has 0 aliphatic rings. The summed E-state index contributed by atoms with van der Waals surface area (Å²) in [4.78, 5) is 0.503. The normalized spacial score (nSPS) is 11.3. The fraction of sp³-hybridized carbons (Fsp3) is 0. The maximum absolute atomic E-state index is 13.0. The molecule has 0 amide bonds. The molecule has 4 aromatic rings. The predicted molar refractivity (Wildman–Crippen MR) is 118 cm³/mol. The molecule has 0 aliphatic carbocycles. The average Bonchev–Trinajstić information content (AvgIpc) is 2.74. The Morgan fingerprint density at radius 3 is 1.21 bits per heavy atom. The number of hydrogen-bond acceptors (Lipinski definition) is 4. The molecule has 0 fully saturated rings. The molecule has 4 rings (SSSR count). The number of anilines is 2. The van der Waals surface area contributed by atoms with E-state index in [4.69, 9.17) is 11.5 Å². The molecule has 0 unspecified atom stereocenters. The third-order valence-electron chi connectivity index (χ3n) is 4.77. The van der Waals surface area contributed by atoms with Crippen LogP contribution in [0, 0.1) is 0 Å². The molecule has 144 valence electrons. The van der Waals surface area contributed by atoms with Gasteiger partial charge in [0.25, 0.3) is 0 Å². The first-order valence-corrected chi connectivity index (χ1v) is 10.6. The summed E-state index contributed by atoms with van der Waals surface area (Å²) in [5.74, 6) is 0. The summed E-state index contributed by atoms with van der Waals surface area (Å²) in [7, 11) is -3.60. The maximum Gasteiger partial charge on any atom is 0.206 e. The number of nitrogens with two attached hydrogens (primary N) is 2. The van der Waals surface area contributed by atoms with Crippen LogP contribution in [-0.4, -0.2) is 8.42 Å². The number of sulfone groups is 1. The van der Waals surface area contributed by atoms with Crippen molar-refractivity contribution in [3.8, 4) is 22.3 Å². The van der Waals surface area contributed by atoms with Gasteiger partial charge in [0.15, 0.2) is 0 Å². The topological polar surface area (TPSA) is 86.2 Å². The van der Waals surface area contributed by atoms with Gasteiger partial charge >= 0.3 is 0 Å². The Hall–Kier alpha value is -3.57. The summed E-state index contributed by atoms with van der Waals surface area (Å²) in [5, 5.41) is 0. The Kier molecular flexibility index (Phi) is 4.82. The highest BCUT2D eigenvalue weighted by atomic mass is 32.2. The average molecular weight is 401 g/mol. The number of nitrogen functional groups attached to an aromatic ring is 2. The van der Waals surface area contributed by atoms with Crippen LogP contribution in [0.15, 0.2) is 107 Å². The first kappa shape index (κ1) is 18.8. The Labute approximate surface area is 170 Å². The van der Waals surface area contributed by atoms with Crippen molar-refractivity contribution >= 4 is 21.2 Å². The molecule has 5 heteroatoms. The van der Waals surface area contributed by atoms with E-state index in [0.717, 1.165) is 22.3 Å². The summed E-state index contributed by atoms with van der Waals surface area (Å²) in [5.41, 5.74) is 16.7. The highest BCUT2D eigenvalue weighted by Gasteiger charge is 2.17. The van der Waals surface area contributed by atoms with E-state index < -0.39 is 9.84 Å². The minimum absolute atomic E-state index is 0.252. The smallest absolute Gasteiger partial charge is 0.206 e. The van der Waals surface area contributed by atoms with Gasteiger partial charge in [0.1, 0.15) is 0 Å². The second-order valence-electron chi connectivity index (χ2n) is 6.80. The number of benzene rings is 4. The molecule has 0 spiro atoms. The molecule has 4 N–H and O–H groups in total. The highest BCUT2D eigenvalue weighted by Crippen LogP contribution is 2.28. The molecule has 0 atom stereocenters. The van der Waals surface area contributed by atoms with E-state index in [1.54, 1.807) is 48.5 Å². The first-order chi connectivity index (χ1) is 13.9. The van der Waals surface area contributed by atoms with E-state index in [9.17, 15) is 8.42 Å². The van der Waals surface area contributed by atoms with Crippen molar-refractivity contribution in [2.45, 2.75) is 9.79 Å². The van der Waals surface area contributed by atoms with E-state index in [1.165, 1.54) is 0 Å². The SMILES string of the molecule is Nc1cccc(-c2ccc(S(=O)(=O)c3ccc(-c4cccc(N)c4)cc3)cc2)c1. The van der Waals surface area contributed by atoms with Crippen LogP contribution in [-0.2, 0) is 9.84 Å². The van der Waals surface area contributed by atoms with E-state index in [0.29, 0.717) is 11.4 Å². The second kappa shape index (κ2) is 7.45. The van der Waals surface area contributed by atoms with Gasteiger partial charge in [-0.3, -0.25) is 0 Å². The Morgan fingerprint density at radius 2 is 0.862 bits per heavy atom. The first-order valence-electron chi connectivity index (χ1n) is 9.10. The van der Waals surface area contributed by atoms with Crippen molar-refractivity contribution in [3.63, 3.8) is 0 Å². The summed E-state index contributed by atoms with van der Waals surface area (Å²) < 4.78 is 26.0. The fourth-order valence-electron chi connectivity index (χ4n) is 3.23. The van der Waals surface area contributed by atoms with Crippen molar-refractivity contribution in [1.82, 2.24) is 0 Å². The monoisotopic (exact) mass is 400 g/mol. The largest absolute Gasteiger partial charge is 0.399 e. The van der Waals surface area contributed by atoms with Crippen molar-refractivity contribution in [3.05, 3.63) is 97.1 Å². The van der Waals surface area contributed by atoms with Crippen LogP contribution in [0.1, 0.15) is 0 Å². The lowest BCUT2D eigenvalue weighted by Crippen LogP contribution is -2.01. The van der Waals surface area contributed by atoms with Gasteiger partial charge in [0, 0.05) is 11.4 Å². The van der Waals surface area contributed by atoms with E-state index in [1.807, 2.05) is 48.5 Å². The third-order valence-corrected chi connectivity index (χ3v) is 6.55. The van der Waals surface area contributed by atoms with Gasteiger partial charge in [-0.1, -0.05) is 48.5 Å². The molecule has 0 aromatic heterocycles. The lowest BCUT2D eigenvalue weighted by Gasteiger charge is -2.08. The van der Waals surface area contributed by atoms with Crippen molar-refractivity contribution < 1.29 is 8.42 Å². The molecule has 0 heterocycles. The van der Waals surface area contributed by atoms with Crippen LogP contribution in [0.25, 0.3) is 22.3 Å². The predicted octanol–water partition coefficient (Wildman–Crippen LogP) is 5.02. The Bertz CT molecular complexity index is 1170. The maximum atomic E-state index is 13.0. The molecule has 0 saturated heterocycles. The minimum atomic E-state index is -3.60. The Morgan fingerprint density at radius 1 is 0.483 bits per heavy atom. The molecular weight excluding hydrogens is 380 g/mol. The lowest BCUT2D eigenvalue weighted by molar-refractivity contribution is 0.596. The van der Waals surface area contributed by atoms with E-state index >= 15 is 0 Å². The van der Waals surface area contributed by atoms with Crippen LogP contribution in [0.2, 0.25) is 0 Å². The fourth-order valence-corrected chi connectivity index (χ4v) is 4.49. The molecule has 0 bridgehead atoms. The number of rotatable bonds is 4. The molecule has 29 heavy (non-hydrogen) atoms. The van der Waals surface area contributed by atoms with Gasteiger partial charge in [-0.15, -0.1) is 0 Å².